The summed E-state index contributed by atoms with van der Waals surface area (Å²) >= 11 is 0. The van der Waals surface area contributed by atoms with Crippen LogP contribution in [-0.4, -0.2) is 42.0 Å². The minimum atomic E-state index is -1.85. The van der Waals surface area contributed by atoms with Gasteiger partial charge in [-0.05, 0) is 0 Å². The van der Waals surface area contributed by atoms with Gasteiger partial charge in [0.2, 0.25) is 5.91 Å². The zero-order valence-corrected chi connectivity index (χ0v) is 7.69. The molecule has 0 saturated heterocycles. The van der Waals surface area contributed by atoms with Crippen molar-refractivity contribution in [2.45, 2.75) is 6.42 Å². The van der Waals surface area contributed by atoms with Crippen molar-refractivity contribution in [2.24, 2.45) is 5.73 Å². The highest BCUT2D eigenvalue weighted by atomic mass is 16.6. The van der Waals surface area contributed by atoms with Crippen LogP contribution in [0.5, 0.6) is 0 Å². The maximum Gasteiger partial charge on any atom is 0.424 e. The van der Waals surface area contributed by atoms with Crippen molar-refractivity contribution in [1.82, 2.24) is 5.32 Å². The van der Waals surface area contributed by atoms with E-state index in [9.17, 15) is 19.2 Å². The number of carboxylic acids is 1. The second kappa shape index (κ2) is 6.49. The van der Waals surface area contributed by atoms with Gasteiger partial charge in [-0.3, -0.25) is 9.59 Å². The van der Waals surface area contributed by atoms with Gasteiger partial charge in [-0.2, -0.15) is 0 Å². The van der Waals surface area contributed by atoms with Crippen LogP contribution in [0, 0.1) is 0 Å². The molecule has 0 aromatic heterocycles. The molecule has 8 nitrogen and oxygen atoms in total. The van der Waals surface area contributed by atoms with Crippen LogP contribution in [-0.2, 0) is 23.9 Å². The normalized spacial score (nSPS) is 9.13. The molecule has 0 aromatic rings. The molecule has 8 heteroatoms. The van der Waals surface area contributed by atoms with Crippen molar-refractivity contribution in [3.63, 3.8) is 0 Å². The number of nitrogens with one attached hydrogen (secondary N) is 1. The maximum atomic E-state index is 10.7. The van der Waals surface area contributed by atoms with E-state index in [0.29, 0.717) is 0 Å². The highest BCUT2D eigenvalue weighted by Crippen LogP contribution is 1.86. The van der Waals surface area contributed by atoms with Crippen molar-refractivity contribution in [2.75, 3.05) is 13.1 Å². The van der Waals surface area contributed by atoms with Crippen LogP contribution in [0.2, 0.25) is 0 Å². The Morgan fingerprint density at radius 1 is 1.27 bits per heavy atom. The lowest BCUT2D eigenvalue weighted by Crippen LogP contribution is -2.32. The number of ether oxygens (including phenoxy) is 1. The van der Waals surface area contributed by atoms with Gasteiger partial charge in [-0.15, -0.1) is 0 Å². The molecule has 4 N–H and O–H groups in total. The summed E-state index contributed by atoms with van der Waals surface area (Å²) in [5, 5.41) is 10.3. The number of nitrogens with two attached hydrogens (primary N) is 1. The smallest absolute Gasteiger partial charge is 0.424 e. The summed E-state index contributed by atoms with van der Waals surface area (Å²) in [6.07, 6.45) is -0.301. The Kier molecular flexibility index (Phi) is 5.64. The average molecular weight is 218 g/mol. The van der Waals surface area contributed by atoms with E-state index in [1.165, 1.54) is 0 Å². The molecule has 0 aliphatic heterocycles. The number of hydrogen-bond donors (Lipinski definition) is 3. The minimum absolute atomic E-state index is 0.0677. The van der Waals surface area contributed by atoms with Crippen molar-refractivity contribution >= 4 is 23.8 Å². The fraction of sp³-hybridized carbons (Fsp3) is 0.429. The van der Waals surface area contributed by atoms with Gasteiger partial charge < -0.3 is 20.9 Å². The van der Waals surface area contributed by atoms with E-state index in [0.717, 1.165) is 0 Å². The third-order valence-electron chi connectivity index (χ3n) is 1.22. The van der Waals surface area contributed by atoms with Crippen LogP contribution in [0.4, 0.5) is 0 Å². The zero-order chi connectivity index (χ0) is 11.8. The van der Waals surface area contributed by atoms with Crippen LogP contribution < -0.4 is 11.1 Å². The summed E-state index contributed by atoms with van der Waals surface area (Å²) in [7, 11) is 0. The highest BCUT2D eigenvalue weighted by Gasteiger charge is 2.17. The van der Waals surface area contributed by atoms with Gasteiger partial charge in [-0.1, -0.05) is 0 Å². The van der Waals surface area contributed by atoms with Crippen LogP contribution >= 0.6 is 0 Å². The lowest BCUT2D eigenvalue weighted by atomic mass is 10.4. The second-order valence-electron chi connectivity index (χ2n) is 2.37. The number of carboxylic acid groups (broad SMARTS) is 1. The SMILES string of the molecule is NCC(=O)NCCC(=O)OC(=O)C(=O)O. The molecule has 84 valence electrons. The van der Waals surface area contributed by atoms with Crippen molar-refractivity contribution in [3.05, 3.63) is 0 Å². The third-order valence-corrected chi connectivity index (χ3v) is 1.22. The first kappa shape index (κ1) is 13.0. The van der Waals surface area contributed by atoms with Gasteiger partial charge in [0.05, 0.1) is 13.0 Å². The predicted molar refractivity (Wildman–Crippen MR) is 45.4 cm³/mol. The minimum Gasteiger partial charge on any atom is -0.473 e. The van der Waals surface area contributed by atoms with Gasteiger partial charge in [0.1, 0.15) is 0 Å². The Morgan fingerprint density at radius 2 is 1.87 bits per heavy atom. The van der Waals surface area contributed by atoms with Crippen molar-refractivity contribution in [3.8, 4) is 0 Å². The monoisotopic (exact) mass is 218 g/mol. The number of amides is 1. The van der Waals surface area contributed by atoms with Gasteiger partial charge in [0.25, 0.3) is 0 Å². The summed E-state index contributed by atoms with van der Waals surface area (Å²) in [5.74, 6) is -4.99. The standard InChI is InChI=1S/C7H10N2O6/c8-3-4(10)9-2-1-5(11)15-7(14)6(12)13/h1-3,8H2,(H,9,10)(H,12,13). The molecule has 0 atom stereocenters. The molecule has 0 aliphatic carbocycles. The Bertz CT molecular complexity index is 287. The molecule has 0 spiro atoms. The molecule has 0 saturated carbocycles. The number of carbonyl (C=O) groups excluding carboxylic acids is 3. The molecule has 0 radical (unpaired) electrons. The average Bonchev–Trinajstić information content (AvgIpc) is 2.17. The molecule has 0 heterocycles. The molecule has 0 aliphatic rings. The first-order chi connectivity index (χ1) is 6.97. The molecular weight excluding hydrogens is 208 g/mol. The largest absolute Gasteiger partial charge is 0.473 e. The fourth-order valence-corrected chi connectivity index (χ4v) is 0.574. The van der Waals surface area contributed by atoms with Crippen LogP contribution in [0.1, 0.15) is 6.42 Å². The third kappa shape index (κ3) is 6.16. The van der Waals surface area contributed by atoms with E-state index in [-0.39, 0.29) is 19.5 Å². The van der Waals surface area contributed by atoms with E-state index in [4.69, 9.17) is 10.8 Å². The van der Waals surface area contributed by atoms with E-state index in [2.05, 4.69) is 10.1 Å². The number of carbonyl (C=O) groups is 4. The molecule has 15 heavy (non-hydrogen) atoms. The summed E-state index contributed by atoms with van der Waals surface area (Å²) in [6.45, 7) is -0.287. The quantitative estimate of drug-likeness (QED) is 0.272. The Hall–Kier alpha value is -1.96. The summed E-state index contributed by atoms with van der Waals surface area (Å²) in [6, 6.07) is 0. The maximum absolute atomic E-state index is 10.7. The van der Waals surface area contributed by atoms with E-state index in [1.54, 1.807) is 0 Å². The van der Waals surface area contributed by atoms with E-state index in [1.807, 2.05) is 0 Å². The highest BCUT2D eigenvalue weighted by molar-refractivity contribution is 6.30. The Morgan fingerprint density at radius 3 is 2.33 bits per heavy atom. The fourth-order valence-electron chi connectivity index (χ4n) is 0.574. The number of rotatable bonds is 4. The first-order valence-corrected chi connectivity index (χ1v) is 3.92. The van der Waals surface area contributed by atoms with E-state index >= 15 is 0 Å². The lowest BCUT2D eigenvalue weighted by Gasteiger charge is -2.01. The summed E-state index contributed by atoms with van der Waals surface area (Å²) in [4.78, 5) is 41.6. The zero-order valence-electron chi connectivity index (χ0n) is 7.69. The van der Waals surface area contributed by atoms with Gasteiger partial charge in [0.15, 0.2) is 0 Å². The Balaban J connectivity index is 3.72. The van der Waals surface area contributed by atoms with Gasteiger partial charge in [0, 0.05) is 6.54 Å². The number of aliphatic carboxylic acids is 1. The van der Waals surface area contributed by atoms with Crippen LogP contribution in [0.3, 0.4) is 0 Å². The van der Waals surface area contributed by atoms with Gasteiger partial charge in [-0.25, -0.2) is 9.59 Å². The summed E-state index contributed by atoms with van der Waals surface area (Å²) in [5.41, 5.74) is 4.95. The number of esters is 2. The van der Waals surface area contributed by atoms with Crippen molar-refractivity contribution in [1.29, 1.82) is 0 Å². The summed E-state index contributed by atoms with van der Waals surface area (Å²) < 4.78 is 3.87. The first-order valence-electron chi connectivity index (χ1n) is 3.92. The van der Waals surface area contributed by atoms with Crippen LogP contribution in [0.25, 0.3) is 0 Å². The molecule has 0 fully saturated rings. The molecule has 0 bridgehead atoms. The molecule has 1 amide bonds. The van der Waals surface area contributed by atoms with Crippen LogP contribution in [0.15, 0.2) is 0 Å². The molecule has 0 unspecified atom stereocenters. The second-order valence-corrected chi connectivity index (χ2v) is 2.37. The molecular formula is C7H10N2O6. The molecule has 0 rings (SSSR count). The van der Waals surface area contributed by atoms with E-state index < -0.39 is 23.8 Å². The van der Waals surface area contributed by atoms with Crippen molar-refractivity contribution < 1.29 is 29.0 Å². The lowest BCUT2D eigenvalue weighted by molar-refractivity contribution is -0.170. The van der Waals surface area contributed by atoms with Gasteiger partial charge >= 0.3 is 17.9 Å². The Labute approximate surface area is 84.4 Å². The predicted octanol–water partition coefficient (Wildman–Crippen LogP) is -2.39. The topological polar surface area (TPSA) is 136 Å². The number of hydrogen-bond acceptors (Lipinski definition) is 6. The molecule has 0 aromatic carbocycles.